The molecule has 4 rings (SSSR count). The van der Waals surface area contributed by atoms with E-state index < -0.39 is 21.6 Å². The van der Waals surface area contributed by atoms with Gasteiger partial charge in [0.25, 0.3) is 0 Å². The van der Waals surface area contributed by atoms with E-state index in [-0.39, 0.29) is 22.6 Å². The molecule has 7 nitrogen and oxygen atoms in total. The molecule has 3 heterocycles. The Morgan fingerprint density at radius 3 is 2.71 bits per heavy atom. The van der Waals surface area contributed by atoms with Crippen molar-refractivity contribution in [3.05, 3.63) is 78.1 Å². The Balaban J connectivity index is 1.74. The fourth-order valence-electron chi connectivity index (χ4n) is 3.30. The lowest BCUT2D eigenvalue weighted by molar-refractivity contribution is 0.103. The van der Waals surface area contributed by atoms with Crippen LogP contribution in [0.25, 0.3) is 22.2 Å². The number of hydrogen-bond acceptors (Lipinski definition) is 5. The molecule has 3 aromatic heterocycles. The van der Waals surface area contributed by atoms with Crippen LogP contribution in [0.15, 0.2) is 61.2 Å². The van der Waals surface area contributed by atoms with Gasteiger partial charge in [0, 0.05) is 46.9 Å². The van der Waals surface area contributed by atoms with Crippen LogP contribution in [0.1, 0.15) is 29.3 Å². The van der Waals surface area contributed by atoms with Gasteiger partial charge in [0.1, 0.15) is 5.65 Å². The first-order valence-corrected chi connectivity index (χ1v) is 11.3. The van der Waals surface area contributed by atoms with Gasteiger partial charge in [0.15, 0.2) is 11.6 Å². The van der Waals surface area contributed by atoms with Crippen LogP contribution in [-0.4, -0.2) is 34.9 Å². The lowest BCUT2D eigenvalue weighted by Gasteiger charge is -2.10. The summed E-state index contributed by atoms with van der Waals surface area (Å²) in [6.45, 7) is 1.71. The maximum Gasteiger partial charge on any atom is 0.232 e. The average molecular weight is 438 g/mol. The number of carbonyl (C=O) groups excluding carboxylic acids is 1. The highest BCUT2D eigenvalue weighted by molar-refractivity contribution is 7.92. The van der Waals surface area contributed by atoms with Crippen LogP contribution in [0.4, 0.5) is 10.1 Å². The van der Waals surface area contributed by atoms with Gasteiger partial charge < -0.3 is 4.98 Å². The molecular formula is C22H19FN4O3S. The van der Waals surface area contributed by atoms with Crippen molar-refractivity contribution in [3.63, 3.8) is 0 Å². The number of sulfonamides is 1. The second-order valence-corrected chi connectivity index (χ2v) is 8.82. The number of carbonyl (C=O) groups is 1. The van der Waals surface area contributed by atoms with Crippen LogP contribution in [0.5, 0.6) is 0 Å². The molecule has 2 N–H and O–H groups in total. The lowest BCUT2D eigenvalue weighted by atomic mass is 10.0. The van der Waals surface area contributed by atoms with E-state index in [9.17, 15) is 13.2 Å². The van der Waals surface area contributed by atoms with Crippen molar-refractivity contribution < 1.29 is 17.6 Å². The molecule has 0 saturated carbocycles. The quantitative estimate of drug-likeness (QED) is 0.422. The van der Waals surface area contributed by atoms with Crippen LogP contribution in [0, 0.1) is 5.82 Å². The molecular weight excluding hydrogens is 419 g/mol. The first-order chi connectivity index (χ1) is 14.9. The second-order valence-electron chi connectivity index (χ2n) is 6.98. The number of aromatic nitrogens is 3. The Morgan fingerprint density at radius 1 is 1.13 bits per heavy atom. The molecule has 0 unspecified atom stereocenters. The van der Waals surface area contributed by atoms with Gasteiger partial charge >= 0.3 is 0 Å². The fourth-order valence-corrected chi connectivity index (χ4v) is 4.43. The van der Waals surface area contributed by atoms with Crippen molar-refractivity contribution in [1.82, 2.24) is 15.0 Å². The average Bonchev–Trinajstić information content (AvgIpc) is 3.18. The Kier molecular flexibility index (Phi) is 5.51. The third-order valence-electron chi connectivity index (χ3n) is 4.75. The summed E-state index contributed by atoms with van der Waals surface area (Å²) >= 11 is 0. The molecule has 0 amide bonds. The summed E-state index contributed by atoms with van der Waals surface area (Å²) in [4.78, 5) is 24.5. The number of rotatable bonds is 7. The maximum atomic E-state index is 15.0. The number of anilines is 1. The molecule has 0 radical (unpaired) electrons. The Hall–Kier alpha value is -3.59. The maximum absolute atomic E-state index is 15.0. The summed E-state index contributed by atoms with van der Waals surface area (Å²) in [6, 6.07) is 9.50. The highest BCUT2D eigenvalue weighted by atomic mass is 32.2. The fraction of sp³-hybridized carbons (Fsp3) is 0.136. The van der Waals surface area contributed by atoms with E-state index in [4.69, 9.17) is 0 Å². The smallest absolute Gasteiger partial charge is 0.232 e. The number of pyridine rings is 2. The summed E-state index contributed by atoms with van der Waals surface area (Å²) in [5, 5.41) is 0.530. The third kappa shape index (κ3) is 4.17. The molecule has 31 heavy (non-hydrogen) atoms. The van der Waals surface area contributed by atoms with Gasteiger partial charge in [-0.25, -0.2) is 17.8 Å². The number of nitrogens with one attached hydrogen (secondary N) is 2. The Labute approximate surface area is 178 Å². The minimum absolute atomic E-state index is 0.143. The summed E-state index contributed by atoms with van der Waals surface area (Å²) in [5.74, 6) is -1.64. The third-order valence-corrected chi connectivity index (χ3v) is 6.23. The number of hydrogen-bond donors (Lipinski definition) is 2. The monoisotopic (exact) mass is 438 g/mol. The number of benzene rings is 1. The van der Waals surface area contributed by atoms with Crippen LogP contribution < -0.4 is 4.72 Å². The predicted octanol–water partition coefficient (Wildman–Crippen LogP) is 4.15. The van der Waals surface area contributed by atoms with Crippen molar-refractivity contribution in [2.75, 3.05) is 10.5 Å². The zero-order chi connectivity index (χ0) is 22.0. The van der Waals surface area contributed by atoms with Crippen molar-refractivity contribution in [3.8, 4) is 11.1 Å². The van der Waals surface area contributed by atoms with Gasteiger partial charge in [-0.1, -0.05) is 19.1 Å². The normalized spacial score (nSPS) is 11.5. The molecule has 9 heteroatoms. The van der Waals surface area contributed by atoms with E-state index >= 15 is 4.39 Å². The number of aromatic amines is 1. The minimum atomic E-state index is -3.70. The molecule has 158 valence electrons. The molecule has 4 aromatic rings. The first kappa shape index (κ1) is 20.7. The topological polar surface area (TPSA) is 105 Å². The van der Waals surface area contributed by atoms with Gasteiger partial charge in [0.2, 0.25) is 10.0 Å². The zero-order valence-electron chi connectivity index (χ0n) is 16.6. The largest absolute Gasteiger partial charge is 0.345 e. The first-order valence-electron chi connectivity index (χ1n) is 9.61. The Bertz CT molecular complexity index is 1370. The van der Waals surface area contributed by atoms with Crippen LogP contribution in [0.3, 0.4) is 0 Å². The number of fused-ring (bicyclic) bond motifs is 1. The highest BCUT2D eigenvalue weighted by Crippen LogP contribution is 2.28. The molecule has 1 aromatic carbocycles. The van der Waals surface area contributed by atoms with Crippen molar-refractivity contribution >= 4 is 32.5 Å². The van der Waals surface area contributed by atoms with E-state index in [1.165, 1.54) is 24.4 Å². The second kappa shape index (κ2) is 8.27. The zero-order valence-corrected chi connectivity index (χ0v) is 17.4. The lowest BCUT2D eigenvalue weighted by Crippen LogP contribution is -2.18. The summed E-state index contributed by atoms with van der Waals surface area (Å²) < 4.78 is 41.3. The molecule has 0 bridgehead atoms. The van der Waals surface area contributed by atoms with E-state index in [0.29, 0.717) is 17.5 Å². The van der Waals surface area contributed by atoms with Gasteiger partial charge in [0.05, 0.1) is 17.0 Å². The SMILES string of the molecule is CCCS(=O)(=O)Nc1cccc(C(=O)c2c[nH]c3ncc(-c4cccnc4)cc23)c1F. The standard InChI is InChI=1S/C22H19FN4O3S/c1-2-9-31(29,30)27-19-7-3-6-16(20(19)23)21(28)18-13-26-22-17(18)10-15(12-25-22)14-5-4-8-24-11-14/h3-8,10-13,27H,2,9H2,1H3,(H,25,26). The molecule has 0 fully saturated rings. The van der Waals surface area contributed by atoms with E-state index in [1.807, 2.05) is 6.07 Å². The van der Waals surface area contributed by atoms with Crippen molar-refractivity contribution in [2.24, 2.45) is 0 Å². The molecule has 0 saturated heterocycles. The number of ketones is 1. The van der Waals surface area contributed by atoms with E-state index in [2.05, 4.69) is 19.7 Å². The molecule has 0 aliphatic rings. The summed E-state index contributed by atoms with van der Waals surface area (Å²) in [6.07, 6.45) is 6.86. The minimum Gasteiger partial charge on any atom is -0.345 e. The molecule has 0 spiro atoms. The predicted molar refractivity (Wildman–Crippen MR) is 117 cm³/mol. The number of nitrogens with zero attached hydrogens (tertiary/aromatic N) is 2. The van der Waals surface area contributed by atoms with Crippen molar-refractivity contribution in [2.45, 2.75) is 13.3 Å². The van der Waals surface area contributed by atoms with Gasteiger partial charge in [-0.15, -0.1) is 0 Å². The van der Waals surface area contributed by atoms with Gasteiger partial charge in [-0.05, 0) is 30.7 Å². The van der Waals surface area contributed by atoms with Crippen LogP contribution in [-0.2, 0) is 10.0 Å². The Morgan fingerprint density at radius 2 is 1.97 bits per heavy atom. The summed E-state index contributed by atoms with van der Waals surface area (Å²) in [7, 11) is -3.70. The van der Waals surface area contributed by atoms with Crippen LogP contribution >= 0.6 is 0 Å². The summed E-state index contributed by atoms with van der Waals surface area (Å²) in [5.41, 5.74) is 1.82. The van der Waals surface area contributed by atoms with E-state index in [0.717, 1.165) is 11.1 Å². The highest BCUT2D eigenvalue weighted by Gasteiger charge is 2.22. The number of H-pyrrole nitrogens is 1. The van der Waals surface area contributed by atoms with Gasteiger partial charge in [-0.3, -0.25) is 14.5 Å². The molecule has 0 atom stereocenters. The molecule has 0 aliphatic carbocycles. The number of halogens is 1. The molecule has 0 aliphatic heterocycles. The van der Waals surface area contributed by atoms with Crippen LogP contribution in [0.2, 0.25) is 0 Å². The van der Waals surface area contributed by atoms with E-state index in [1.54, 1.807) is 37.6 Å². The van der Waals surface area contributed by atoms with Gasteiger partial charge in [-0.2, -0.15) is 0 Å². The van der Waals surface area contributed by atoms with Crippen molar-refractivity contribution in [1.29, 1.82) is 0 Å².